The maximum Gasteiger partial charge on any atom is 0.306 e. The monoisotopic (exact) mass is 408 g/mol. The molecule has 2 bridgehead atoms. The van der Waals surface area contributed by atoms with Gasteiger partial charge in [0.25, 0.3) is 0 Å². The minimum absolute atomic E-state index is 0.127. The van der Waals surface area contributed by atoms with Gasteiger partial charge in [0.05, 0.1) is 17.8 Å². The molecule has 0 radical (unpaired) electrons. The highest BCUT2D eigenvalue weighted by molar-refractivity contribution is 5.69. The number of rotatable bonds is 4. The third-order valence-corrected chi connectivity index (χ3v) is 7.76. The predicted molar refractivity (Wildman–Crippen MR) is 112 cm³/mol. The average Bonchev–Trinajstić information content (AvgIpc) is 3.00. The number of fused-ring (bicyclic) bond motifs is 5. The lowest BCUT2D eigenvalue weighted by atomic mass is 9.60. The Hall–Kier alpha value is -0.910. The van der Waals surface area contributed by atoms with Crippen molar-refractivity contribution in [3.05, 3.63) is 12.2 Å². The fourth-order valence-electron chi connectivity index (χ4n) is 6.08. The quantitative estimate of drug-likeness (QED) is 0.543. The summed E-state index contributed by atoms with van der Waals surface area (Å²) in [5.74, 6) is 1.08. The van der Waals surface area contributed by atoms with Gasteiger partial charge in [-0.3, -0.25) is 4.79 Å². The van der Waals surface area contributed by atoms with Crippen LogP contribution in [0.15, 0.2) is 12.2 Å². The van der Waals surface area contributed by atoms with Crippen molar-refractivity contribution in [1.82, 2.24) is 0 Å². The van der Waals surface area contributed by atoms with Crippen LogP contribution < -0.4 is 0 Å². The normalized spacial score (nSPS) is 45.3. The van der Waals surface area contributed by atoms with Crippen molar-refractivity contribution >= 4 is 5.97 Å². The van der Waals surface area contributed by atoms with Crippen molar-refractivity contribution in [3.8, 4) is 0 Å². The van der Waals surface area contributed by atoms with E-state index in [0.717, 1.165) is 19.3 Å². The second-order valence-electron chi connectivity index (χ2n) is 10.5. The number of carbonyl (C=O) groups excluding carboxylic acids is 1. The Morgan fingerprint density at radius 2 is 2.03 bits per heavy atom. The number of hydrogen-bond acceptors (Lipinski definition) is 5. The summed E-state index contributed by atoms with van der Waals surface area (Å²) in [5.41, 5.74) is -0.892. The fourth-order valence-corrected chi connectivity index (χ4v) is 6.08. The van der Waals surface area contributed by atoms with Crippen LogP contribution in [-0.2, 0) is 14.3 Å². The number of aliphatic hydroxyl groups is 2. The number of hydrogen-bond donors (Lipinski definition) is 2. The summed E-state index contributed by atoms with van der Waals surface area (Å²) in [6, 6.07) is 0. The zero-order valence-corrected chi connectivity index (χ0v) is 18.8. The summed E-state index contributed by atoms with van der Waals surface area (Å²) in [4.78, 5) is 12.5. The van der Waals surface area contributed by atoms with Crippen molar-refractivity contribution in [2.75, 3.05) is 0 Å². The van der Waals surface area contributed by atoms with Crippen LogP contribution in [0, 0.1) is 23.7 Å². The molecule has 1 saturated carbocycles. The lowest BCUT2D eigenvalue weighted by Crippen LogP contribution is -2.52. The van der Waals surface area contributed by atoms with Gasteiger partial charge in [0.15, 0.2) is 0 Å². The molecule has 5 nitrogen and oxygen atoms in total. The third-order valence-electron chi connectivity index (χ3n) is 7.76. The van der Waals surface area contributed by atoms with E-state index in [1.807, 2.05) is 13.8 Å². The van der Waals surface area contributed by atoms with E-state index in [0.29, 0.717) is 37.5 Å². The lowest BCUT2D eigenvalue weighted by Gasteiger charge is -2.46. The third kappa shape index (κ3) is 4.28. The second kappa shape index (κ2) is 8.32. The van der Waals surface area contributed by atoms with Gasteiger partial charge in [-0.25, -0.2) is 0 Å². The Balaban J connectivity index is 2.04. The summed E-state index contributed by atoms with van der Waals surface area (Å²) in [6.07, 6.45) is 3.02. The van der Waals surface area contributed by atoms with Gasteiger partial charge < -0.3 is 19.7 Å². The van der Waals surface area contributed by atoms with Gasteiger partial charge in [0.2, 0.25) is 0 Å². The molecule has 2 aliphatic heterocycles. The molecule has 2 N–H and O–H groups in total. The molecule has 0 aromatic heterocycles. The molecule has 8 atom stereocenters. The highest BCUT2D eigenvalue weighted by Gasteiger charge is 2.60. The zero-order chi connectivity index (χ0) is 21.6. The molecule has 1 aliphatic carbocycles. The van der Waals surface area contributed by atoms with Gasteiger partial charge in [-0.1, -0.05) is 32.9 Å². The molecule has 5 heteroatoms. The summed E-state index contributed by atoms with van der Waals surface area (Å²) < 4.78 is 12.7. The van der Waals surface area contributed by atoms with E-state index >= 15 is 0 Å². The van der Waals surface area contributed by atoms with Gasteiger partial charge in [-0.05, 0) is 57.8 Å². The van der Waals surface area contributed by atoms with Crippen LogP contribution in [0.3, 0.4) is 0 Å². The van der Waals surface area contributed by atoms with Crippen LogP contribution in [0.5, 0.6) is 0 Å². The van der Waals surface area contributed by atoms with Crippen LogP contribution >= 0.6 is 0 Å². The smallest absolute Gasteiger partial charge is 0.306 e. The van der Waals surface area contributed by atoms with Gasteiger partial charge >= 0.3 is 5.97 Å². The standard InChI is InChI=1S/C24H40O5/c1-7-8-19(26)29-24(6)12-11-18(25)23(5,27)13-17-20-15(4)9-10-16(14(2)3)21(20)22(24)28-17/h14,16-18,20-22,25,27H,4,7-13H2,1-3,5-6H3/t16-,17-,18+,20-,21-,22-,23-,24-/m1/s1. The Kier molecular flexibility index (Phi) is 6.53. The number of esters is 1. The summed E-state index contributed by atoms with van der Waals surface area (Å²) in [6.45, 7) is 14.5. The van der Waals surface area contributed by atoms with Crippen molar-refractivity contribution in [2.24, 2.45) is 23.7 Å². The van der Waals surface area contributed by atoms with Gasteiger partial charge in [-0.2, -0.15) is 0 Å². The first kappa shape index (κ1) is 22.8. The molecule has 0 amide bonds. The van der Waals surface area contributed by atoms with Crippen LogP contribution in [0.1, 0.15) is 79.6 Å². The molecule has 3 aliphatic rings. The zero-order valence-electron chi connectivity index (χ0n) is 18.8. The first-order valence-corrected chi connectivity index (χ1v) is 11.5. The van der Waals surface area contributed by atoms with E-state index in [-0.39, 0.29) is 30.0 Å². The van der Waals surface area contributed by atoms with Gasteiger partial charge in [0.1, 0.15) is 11.7 Å². The molecular formula is C24H40O5. The molecule has 3 fully saturated rings. The lowest BCUT2D eigenvalue weighted by molar-refractivity contribution is -0.181. The maximum atomic E-state index is 12.5. The molecule has 0 aromatic rings. The molecule has 0 spiro atoms. The molecule has 3 rings (SSSR count). The predicted octanol–water partition coefficient (Wildman–Crippen LogP) is 4.01. The van der Waals surface area contributed by atoms with Crippen LogP contribution in [0.4, 0.5) is 0 Å². The first-order valence-electron chi connectivity index (χ1n) is 11.5. The van der Waals surface area contributed by atoms with Gasteiger partial charge in [0, 0.05) is 24.7 Å². The highest BCUT2D eigenvalue weighted by atomic mass is 16.6. The molecule has 29 heavy (non-hydrogen) atoms. The van der Waals surface area contributed by atoms with Crippen LogP contribution in [0.25, 0.3) is 0 Å². The highest BCUT2D eigenvalue weighted by Crippen LogP contribution is 2.56. The number of ether oxygens (including phenoxy) is 2. The fraction of sp³-hybridized carbons (Fsp3) is 0.875. The van der Waals surface area contributed by atoms with E-state index in [1.54, 1.807) is 6.92 Å². The molecular weight excluding hydrogens is 368 g/mol. The van der Waals surface area contributed by atoms with E-state index in [9.17, 15) is 15.0 Å². The van der Waals surface area contributed by atoms with E-state index in [2.05, 4.69) is 20.4 Å². The molecule has 166 valence electrons. The summed E-state index contributed by atoms with van der Waals surface area (Å²) >= 11 is 0. The first-order chi connectivity index (χ1) is 13.5. The van der Waals surface area contributed by atoms with E-state index in [4.69, 9.17) is 9.47 Å². The largest absolute Gasteiger partial charge is 0.457 e. The minimum Gasteiger partial charge on any atom is -0.457 e. The minimum atomic E-state index is -1.24. The topological polar surface area (TPSA) is 76.0 Å². The Bertz CT molecular complexity index is 627. The summed E-state index contributed by atoms with van der Waals surface area (Å²) in [5, 5.41) is 21.7. The molecule has 0 aromatic carbocycles. The van der Waals surface area contributed by atoms with Crippen LogP contribution in [0.2, 0.25) is 0 Å². The van der Waals surface area contributed by atoms with E-state index < -0.39 is 17.3 Å². The maximum absolute atomic E-state index is 12.5. The Labute approximate surface area is 175 Å². The van der Waals surface area contributed by atoms with Crippen molar-refractivity contribution in [3.63, 3.8) is 0 Å². The van der Waals surface area contributed by atoms with Crippen molar-refractivity contribution in [2.45, 2.75) is 109 Å². The second-order valence-corrected chi connectivity index (χ2v) is 10.5. The Morgan fingerprint density at radius 1 is 1.34 bits per heavy atom. The number of aliphatic hydroxyl groups excluding tert-OH is 1. The van der Waals surface area contributed by atoms with Gasteiger partial charge in [-0.15, -0.1) is 0 Å². The molecule has 2 heterocycles. The van der Waals surface area contributed by atoms with Crippen molar-refractivity contribution < 1.29 is 24.5 Å². The SMILES string of the molecule is C=C1CC[C@H](C(C)C)[C@@H]2[C@H]1[C@H]1C[C@@](C)(O)[C@@H](O)CC[C@@](C)(OC(=O)CCC)[C@@H]2O1. The van der Waals surface area contributed by atoms with Crippen molar-refractivity contribution in [1.29, 1.82) is 0 Å². The molecule has 2 saturated heterocycles. The number of carbonyl (C=O) groups is 1. The van der Waals surface area contributed by atoms with Crippen LogP contribution in [-0.4, -0.2) is 45.7 Å². The average molecular weight is 409 g/mol. The summed E-state index contributed by atoms with van der Waals surface area (Å²) in [7, 11) is 0. The Morgan fingerprint density at radius 3 is 2.66 bits per heavy atom. The van der Waals surface area contributed by atoms with E-state index in [1.165, 1.54) is 5.57 Å². The molecule has 0 unspecified atom stereocenters.